The van der Waals surface area contributed by atoms with Gasteiger partial charge in [0.25, 0.3) is 11.8 Å². The lowest BCUT2D eigenvalue weighted by molar-refractivity contribution is 0.0880. The summed E-state index contributed by atoms with van der Waals surface area (Å²) in [4.78, 5) is 28.9. The number of aromatic hydroxyl groups is 1. The number of carbonyl (C=O) groups excluding carboxylic acids is 2. The van der Waals surface area contributed by atoms with E-state index in [1.165, 1.54) is 0 Å². The number of piperazine rings is 1. The van der Waals surface area contributed by atoms with E-state index in [1.807, 2.05) is 12.1 Å². The monoisotopic (exact) mass is 546 g/mol. The number of rotatable bonds is 6. The molecular weight excluding hydrogens is 516 g/mol. The second kappa shape index (κ2) is 9.86. The van der Waals surface area contributed by atoms with Crippen LogP contribution in [0.5, 0.6) is 11.5 Å². The third kappa shape index (κ3) is 4.33. The third-order valence-electron chi connectivity index (χ3n) is 7.77. The van der Waals surface area contributed by atoms with Gasteiger partial charge in [-0.05, 0) is 63.2 Å². The Hall–Kier alpha value is -3.59. The van der Waals surface area contributed by atoms with Gasteiger partial charge in [0, 0.05) is 59.1 Å². The Morgan fingerprint density at radius 3 is 2.46 bits per heavy atom. The van der Waals surface area contributed by atoms with Gasteiger partial charge in [-0.25, -0.2) is 0 Å². The van der Waals surface area contributed by atoms with Crippen LogP contribution in [-0.2, 0) is 6.54 Å². The van der Waals surface area contributed by atoms with Crippen molar-refractivity contribution in [3.8, 4) is 22.6 Å². The van der Waals surface area contributed by atoms with Gasteiger partial charge in [-0.2, -0.15) is 0 Å². The lowest BCUT2D eigenvalue weighted by Crippen LogP contribution is -2.54. The molecule has 0 saturated carbocycles. The minimum absolute atomic E-state index is 0.0978. The predicted octanol–water partition coefficient (Wildman–Crippen LogP) is 4.79. The SMILES string of the molecule is COc1cccc(Cl)c1-c1cc2c(c3c1C(=O)NC3=O)c1cc(O)ccc1n2CCCN1C[C@@H](C)N[C@@H](C)C1. The average molecular weight is 547 g/mol. The fourth-order valence-electron chi connectivity index (χ4n) is 6.38. The summed E-state index contributed by atoms with van der Waals surface area (Å²) in [5.41, 5.74) is 3.37. The van der Waals surface area contributed by atoms with Gasteiger partial charge < -0.3 is 24.6 Å². The topological polar surface area (TPSA) is 95.8 Å². The molecule has 9 heteroatoms. The molecule has 3 heterocycles. The highest BCUT2D eigenvalue weighted by Gasteiger charge is 2.35. The third-order valence-corrected chi connectivity index (χ3v) is 8.09. The smallest absolute Gasteiger partial charge is 0.259 e. The number of hydrogen-bond donors (Lipinski definition) is 3. The first-order valence-corrected chi connectivity index (χ1v) is 13.6. The minimum atomic E-state index is -0.475. The molecule has 0 spiro atoms. The molecule has 202 valence electrons. The quantitative estimate of drug-likeness (QED) is 0.301. The molecule has 0 aliphatic carbocycles. The van der Waals surface area contributed by atoms with Gasteiger partial charge in [0.1, 0.15) is 11.5 Å². The van der Waals surface area contributed by atoms with Crippen LogP contribution < -0.4 is 15.4 Å². The van der Waals surface area contributed by atoms with Crippen LogP contribution in [0.3, 0.4) is 0 Å². The van der Waals surface area contributed by atoms with Crippen LogP contribution in [0.1, 0.15) is 41.0 Å². The van der Waals surface area contributed by atoms with Crippen molar-refractivity contribution in [1.29, 1.82) is 0 Å². The van der Waals surface area contributed by atoms with Crippen LogP contribution in [-0.4, -0.2) is 65.2 Å². The predicted molar refractivity (Wildman–Crippen MR) is 153 cm³/mol. The number of nitrogens with zero attached hydrogens (tertiary/aromatic N) is 2. The molecule has 6 rings (SSSR count). The Kier molecular flexibility index (Phi) is 6.49. The number of amides is 2. The molecular formula is C30H31ClN4O4. The van der Waals surface area contributed by atoms with E-state index >= 15 is 0 Å². The van der Waals surface area contributed by atoms with Crippen molar-refractivity contribution in [2.45, 2.75) is 38.9 Å². The molecule has 3 aromatic carbocycles. The highest BCUT2D eigenvalue weighted by Crippen LogP contribution is 2.45. The lowest BCUT2D eigenvalue weighted by Gasteiger charge is -2.36. The number of halogens is 1. The number of ether oxygens (including phenoxy) is 1. The molecule has 0 unspecified atom stereocenters. The van der Waals surface area contributed by atoms with Crippen molar-refractivity contribution in [3.63, 3.8) is 0 Å². The Morgan fingerprint density at radius 1 is 0.974 bits per heavy atom. The van der Waals surface area contributed by atoms with E-state index in [4.69, 9.17) is 16.3 Å². The minimum Gasteiger partial charge on any atom is -0.508 e. The van der Waals surface area contributed by atoms with Crippen molar-refractivity contribution >= 4 is 45.2 Å². The Bertz CT molecular complexity index is 1640. The van der Waals surface area contributed by atoms with E-state index in [1.54, 1.807) is 37.4 Å². The van der Waals surface area contributed by atoms with Gasteiger partial charge >= 0.3 is 0 Å². The van der Waals surface area contributed by atoms with E-state index < -0.39 is 11.8 Å². The fraction of sp³-hybridized carbons (Fsp3) is 0.333. The number of carbonyl (C=O) groups is 2. The molecule has 1 saturated heterocycles. The number of phenols is 1. The van der Waals surface area contributed by atoms with E-state index in [9.17, 15) is 14.7 Å². The molecule has 2 amide bonds. The molecule has 39 heavy (non-hydrogen) atoms. The van der Waals surface area contributed by atoms with Gasteiger partial charge in [0.05, 0.1) is 28.8 Å². The summed E-state index contributed by atoms with van der Waals surface area (Å²) in [6, 6.07) is 13.3. The summed E-state index contributed by atoms with van der Waals surface area (Å²) in [5.74, 6) is -0.324. The number of imide groups is 1. The van der Waals surface area contributed by atoms with Crippen LogP contribution in [0.2, 0.25) is 5.02 Å². The van der Waals surface area contributed by atoms with Crippen molar-refractivity contribution in [3.05, 3.63) is 58.6 Å². The number of benzene rings is 3. The molecule has 2 atom stereocenters. The second-order valence-corrected chi connectivity index (χ2v) is 11.0. The number of aromatic nitrogens is 1. The Morgan fingerprint density at radius 2 is 1.72 bits per heavy atom. The molecule has 2 aliphatic rings. The highest BCUT2D eigenvalue weighted by atomic mass is 35.5. The first kappa shape index (κ1) is 25.7. The zero-order chi connectivity index (χ0) is 27.4. The van der Waals surface area contributed by atoms with Crippen molar-refractivity contribution in [2.75, 3.05) is 26.7 Å². The second-order valence-electron chi connectivity index (χ2n) is 10.6. The molecule has 0 radical (unpaired) electrons. The summed E-state index contributed by atoms with van der Waals surface area (Å²) in [6.07, 6.45) is 0.895. The van der Waals surface area contributed by atoms with Crippen LogP contribution in [0.4, 0.5) is 0 Å². The molecule has 1 aromatic heterocycles. The summed E-state index contributed by atoms with van der Waals surface area (Å²) in [7, 11) is 1.55. The van der Waals surface area contributed by atoms with Crippen LogP contribution in [0.15, 0.2) is 42.5 Å². The Balaban J connectivity index is 1.55. The molecule has 3 N–H and O–H groups in total. The van der Waals surface area contributed by atoms with Crippen LogP contribution >= 0.6 is 11.6 Å². The maximum Gasteiger partial charge on any atom is 0.259 e. The van der Waals surface area contributed by atoms with Crippen LogP contribution in [0, 0.1) is 0 Å². The molecule has 0 bridgehead atoms. The maximum atomic E-state index is 13.3. The first-order valence-electron chi connectivity index (χ1n) is 13.3. The number of aryl methyl sites for hydroxylation is 1. The highest BCUT2D eigenvalue weighted by molar-refractivity contribution is 6.36. The van der Waals surface area contributed by atoms with Crippen molar-refractivity contribution in [1.82, 2.24) is 20.1 Å². The van der Waals surface area contributed by atoms with Gasteiger partial charge in [0.15, 0.2) is 0 Å². The maximum absolute atomic E-state index is 13.3. The van der Waals surface area contributed by atoms with Crippen molar-refractivity contribution < 1.29 is 19.4 Å². The number of fused-ring (bicyclic) bond motifs is 5. The van der Waals surface area contributed by atoms with Gasteiger partial charge in [-0.3, -0.25) is 14.9 Å². The zero-order valence-corrected chi connectivity index (χ0v) is 22.9. The van der Waals surface area contributed by atoms with E-state index in [0.717, 1.165) is 42.5 Å². The number of phenolic OH excluding ortho intramolecular Hbond substituents is 1. The molecule has 1 fully saturated rings. The van der Waals surface area contributed by atoms with Gasteiger partial charge in [-0.1, -0.05) is 17.7 Å². The van der Waals surface area contributed by atoms with E-state index in [0.29, 0.717) is 51.5 Å². The molecule has 2 aliphatic heterocycles. The summed E-state index contributed by atoms with van der Waals surface area (Å²) < 4.78 is 7.80. The van der Waals surface area contributed by atoms with E-state index in [-0.39, 0.29) is 11.3 Å². The Labute approximate surface area is 231 Å². The molecule has 8 nitrogen and oxygen atoms in total. The summed E-state index contributed by atoms with van der Waals surface area (Å²) in [6.45, 7) is 8.05. The van der Waals surface area contributed by atoms with Crippen LogP contribution in [0.25, 0.3) is 32.9 Å². The number of hydrogen-bond acceptors (Lipinski definition) is 6. The van der Waals surface area contributed by atoms with Crippen molar-refractivity contribution in [2.24, 2.45) is 0 Å². The standard InChI is InChI=1S/C30H31ClN4O4/c1-16-14-34(15-17(2)32-16)10-5-11-35-22-9-8-18(36)12-19(22)26-23(35)13-20(27-28(26)30(38)33-29(27)37)25-21(31)6-4-7-24(25)39-3/h4,6-9,12-13,16-17,32,36H,5,10-11,14-15H2,1-3H3,(H,33,37,38)/t16-,17+. The lowest BCUT2D eigenvalue weighted by atomic mass is 9.92. The number of nitrogens with one attached hydrogen (secondary N) is 2. The zero-order valence-electron chi connectivity index (χ0n) is 22.2. The summed E-state index contributed by atoms with van der Waals surface area (Å²) >= 11 is 6.66. The van der Waals surface area contributed by atoms with Gasteiger partial charge in [-0.15, -0.1) is 0 Å². The number of methoxy groups -OCH3 is 1. The largest absolute Gasteiger partial charge is 0.508 e. The average Bonchev–Trinajstić information content (AvgIpc) is 3.35. The first-order chi connectivity index (χ1) is 18.8. The van der Waals surface area contributed by atoms with E-state index in [2.05, 4.69) is 33.9 Å². The fourth-order valence-corrected chi connectivity index (χ4v) is 6.65. The molecule has 4 aromatic rings. The normalized spacial score (nSPS) is 19.6. The summed E-state index contributed by atoms with van der Waals surface area (Å²) in [5, 5.41) is 18.2. The van der Waals surface area contributed by atoms with Gasteiger partial charge in [0.2, 0.25) is 0 Å².